The number of benzene rings is 2. The number of hydrogen-bond acceptors (Lipinski definition) is 3. The Bertz CT molecular complexity index is 917. The Morgan fingerprint density at radius 3 is 2.30 bits per heavy atom. The van der Waals surface area contributed by atoms with Crippen LogP contribution in [0.2, 0.25) is 0 Å². The van der Waals surface area contributed by atoms with Gasteiger partial charge in [-0.15, -0.1) is 0 Å². The van der Waals surface area contributed by atoms with E-state index < -0.39 is 0 Å². The Morgan fingerprint density at radius 1 is 1.00 bits per heavy atom. The van der Waals surface area contributed by atoms with Crippen molar-refractivity contribution in [3.63, 3.8) is 0 Å². The van der Waals surface area contributed by atoms with E-state index in [2.05, 4.69) is 105 Å². The Balaban J connectivity index is 1.99. The number of anilines is 1. The molecule has 0 amide bonds. The van der Waals surface area contributed by atoms with E-state index in [9.17, 15) is 0 Å². The first kappa shape index (κ1) is 23.1. The molecule has 0 fully saturated rings. The summed E-state index contributed by atoms with van der Waals surface area (Å²) in [6.45, 7) is 20.6. The molecule has 0 aliphatic rings. The molecule has 0 bridgehead atoms. The topological polar surface area (TPSA) is 36.1 Å². The van der Waals surface area contributed by atoms with Gasteiger partial charge in [-0.25, -0.2) is 0 Å². The van der Waals surface area contributed by atoms with Crippen molar-refractivity contribution >= 4 is 11.4 Å². The van der Waals surface area contributed by atoms with Crippen molar-refractivity contribution in [2.24, 2.45) is 0 Å². The monoisotopic (exact) mass is 401 g/mol. The molecular formula is C27H35N3. The maximum absolute atomic E-state index is 4.15. The SMILES string of the molecule is C=C(N/C(=C/C)C(=C)CC)Nc1ccc(Cc2cccc(C(=C)NC(C)C)c2)cc1. The van der Waals surface area contributed by atoms with Gasteiger partial charge >= 0.3 is 0 Å². The second kappa shape index (κ2) is 11.1. The molecule has 2 aromatic carbocycles. The van der Waals surface area contributed by atoms with Gasteiger partial charge in [0.25, 0.3) is 0 Å². The molecule has 0 atom stereocenters. The van der Waals surface area contributed by atoms with Crippen LogP contribution in [0, 0.1) is 0 Å². The van der Waals surface area contributed by atoms with Crippen molar-refractivity contribution in [2.75, 3.05) is 5.32 Å². The molecule has 3 N–H and O–H groups in total. The lowest BCUT2D eigenvalue weighted by Gasteiger charge is -2.16. The average molecular weight is 402 g/mol. The predicted octanol–water partition coefficient (Wildman–Crippen LogP) is 6.59. The summed E-state index contributed by atoms with van der Waals surface area (Å²) in [5.74, 6) is 0.731. The van der Waals surface area contributed by atoms with E-state index in [4.69, 9.17) is 0 Å². The van der Waals surface area contributed by atoms with Gasteiger partial charge < -0.3 is 16.0 Å². The van der Waals surface area contributed by atoms with Gasteiger partial charge in [-0.1, -0.05) is 63.1 Å². The van der Waals surface area contributed by atoms with E-state index in [0.717, 1.165) is 46.9 Å². The van der Waals surface area contributed by atoms with Crippen LogP contribution in [-0.4, -0.2) is 6.04 Å². The first-order valence-corrected chi connectivity index (χ1v) is 10.5. The van der Waals surface area contributed by atoms with Crippen molar-refractivity contribution in [3.8, 4) is 0 Å². The van der Waals surface area contributed by atoms with Crippen molar-refractivity contribution in [1.29, 1.82) is 0 Å². The van der Waals surface area contributed by atoms with Gasteiger partial charge in [0, 0.05) is 23.1 Å². The van der Waals surface area contributed by atoms with E-state index in [-0.39, 0.29) is 0 Å². The van der Waals surface area contributed by atoms with Crippen LogP contribution in [0.15, 0.2) is 91.4 Å². The Kier molecular flexibility index (Phi) is 8.54. The minimum absolute atomic E-state index is 0.370. The average Bonchev–Trinajstić information content (AvgIpc) is 2.72. The summed E-state index contributed by atoms with van der Waals surface area (Å²) in [7, 11) is 0. The second-order valence-electron chi connectivity index (χ2n) is 7.74. The van der Waals surface area contributed by atoms with Gasteiger partial charge in [0.15, 0.2) is 0 Å². The predicted molar refractivity (Wildman–Crippen MR) is 132 cm³/mol. The number of rotatable bonds is 11. The fourth-order valence-corrected chi connectivity index (χ4v) is 3.17. The molecule has 0 saturated carbocycles. The maximum Gasteiger partial charge on any atom is 0.100 e. The summed E-state index contributed by atoms with van der Waals surface area (Å²) in [6.07, 6.45) is 3.79. The highest BCUT2D eigenvalue weighted by Crippen LogP contribution is 2.18. The molecule has 0 aliphatic heterocycles. The van der Waals surface area contributed by atoms with E-state index in [0.29, 0.717) is 6.04 Å². The first-order chi connectivity index (χ1) is 14.3. The van der Waals surface area contributed by atoms with Crippen molar-refractivity contribution in [3.05, 3.63) is 108 Å². The molecule has 0 radical (unpaired) electrons. The zero-order chi connectivity index (χ0) is 22.1. The summed E-state index contributed by atoms with van der Waals surface area (Å²) >= 11 is 0. The first-order valence-electron chi connectivity index (χ1n) is 10.5. The second-order valence-corrected chi connectivity index (χ2v) is 7.74. The van der Waals surface area contributed by atoms with Gasteiger partial charge in [0.05, 0.1) is 0 Å². The summed E-state index contributed by atoms with van der Waals surface area (Å²) in [5.41, 5.74) is 7.68. The van der Waals surface area contributed by atoms with E-state index in [1.807, 2.05) is 13.0 Å². The van der Waals surface area contributed by atoms with E-state index >= 15 is 0 Å². The highest BCUT2D eigenvalue weighted by Gasteiger charge is 2.05. The van der Waals surface area contributed by atoms with Gasteiger partial charge in [0.2, 0.25) is 0 Å². The van der Waals surface area contributed by atoms with Crippen molar-refractivity contribution in [2.45, 2.75) is 46.6 Å². The maximum atomic E-state index is 4.15. The lowest BCUT2D eigenvalue weighted by atomic mass is 10.0. The molecular weight excluding hydrogens is 366 g/mol. The lowest BCUT2D eigenvalue weighted by Crippen LogP contribution is -2.20. The molecule has 3 heteroatoms. The molecule has 3 nitrogen and oxygen atoms in total. The molecule has 0 saturated heterocycles. The van der Waals surface area contributed by atoms with Crippen LogP contribution >= 0.6 is 0 Å². The zero-order valence-corrected chi connectivity index (χ0v) is 18.8. The summed E-state index contributed by atoms with van der Waals surface area (Å²) in [4.78, 5) is 0. The highest BCUT2D eigenvalue weighted by atomic mass is 15.1. The summed E-state index contributed by atoms with van der Waals surface area (Å²) < 4.78 is 0. The minimum Gasteiger partial charge on any atom is -0.383 e. The molecule has 0 spiro atoms. The molecule has 30 heavy (non-hydrogen) atoms. The summed E-state index contributed by atoms with van der Waals surface area (Å²) in [5, 5.41) is 9.98. The quantitative estimate of drug-likeness (QED) is 0.372. The lowest BCUT2D eigenvalue weighted by molar-refractivity contribution is 0.718. The third kappa shape index (κ3) is 7.00. The molecule has 158 valence electrons. The van der Waals surface area contributed by atoms with Crippen LogP contribution in [0.3, 0.4) is 0 Å². The number of nitrogens with one attached hydrogen (secondary N) is 3. The molecule has 0 unspecified atom stereocenters. The fraction of sp³-hybridized carbons (Fsp3) is 0.259. The zero-order valence-electron chi connectivity index (χ0n) is 18.8. The molecule has 2 rings (SSSR count). The van der Waals surface area contributed by atoms with Gasteiger partial charge in [-0.3, -0.25) is 0 Å². The van der Waals surface area contributed by atoms with Crippen molar-refractivity contribution in [1.82, 2.24) is 10.6 Å². The van der Waals surface area contributed by atoms with Crippen molar-refractivity contribution < 1.29 is 0 Å². The fourth-order valence-electron chi connectivity index (χ4n) is 3.17. The van der Waals surface area contributed by atoms with Gasteiger partial charge in [-0.2, -0.15) is 0 Å². The summed E-state index contributed by atoms with van der Waals surface area (Å²) in [6, 6.07) is 17.4. The Labute approximate surface area is 182 Å². The largest absolute Gasteiger partial charge is 0.383 e. The van der Waals surface area contributed by atoms with Gasteiger partial charge in [0.1, 0.15) is 5.82 Å². The van der Waals surface area contributed by atoms with Crippen LogP contribution < -0.4 is 16.0 Å². The number of hydrogen-bond donors (Lipinski definition) is 3. The van der Waals surface area contributed by atoms with E-state index in [1.54, 1.807) is 0 Å². The molecule has 0 heterocycles. The highest BCUT2D eigenvalue weighted by molar-refractivity contribution is 5.62. The van der Waals surface area contributed by atoms with Crippen LogP contribution in [0.1, 0.15) is 50.8 Å². The number of allylic oxidation sites excluding steroid dienone is 2. The minimum atomic E-state index is 0.370. The standard InChI is InChI=1S/C27H35N3/c1-8-20(5)27(9-2)30-22(7)29-26-15-13-23(14-16-26)17-24-11-10-12-25(18-24)21(6)28-19(3)4/h9-16,18-19,28-30H,5-8,17H2,1-4H3/b27-9+. The van der Waals surface area contributed by atoms with Crippen LogP contribution in [-0.2, 0) is 6.42 Å². The Morgan fingerprint density at radius 2 is 1.70 bits per heavy atom. The van der Waals surface area contributed by atoms with Crippen LogP contribution in [0.25, 0.3) is 5.70 Å². The smallest absolute Gasteiger partial charge is 0.100 e. The van der Waals surface area contributed by atoms with Gasteiger partial charge in [-0.05, 0) is 74.1 Å². The normalized spacial score (nSPS) is 11.2. The molecule has 0 aromatic heterocycles. The third-order valence-corrected chi connectivity index (χ3v) is 4.78. The third-order valence-electron chi connectivity index (χ3n) is 4.78. The molecule has 0 aliphatic carbocycles. The van der Waals surface area contributed by atoms with Crippen LogP contribution in [0.5, 0.6) is 0 Å². The van der Waals surface area contributed by atoms with Crippen LogP contribution in [0.4, 0.5) is 5.69 Å². The Hall–Kier alpha value is -3.20. The molecule has 2 aromatic rings. The van der Waals surface area contributed by atoms with E-state index in [1.165, 1.54) is 11.1 Å².